The fourth-order valence-electron chi connectivity index (χ4n) is 1.44. The zero-order chi connectivity index (χ0) is 13.7. The third-order valence-corrected chi connectivity index (χ3v) is 2.45. The molecule has 0 bridgehead atoms. The first-order chi connectivity index (χ1) is 8.45. The number of nitrogens with two attached hydrogens (primary N) is 2. The molecular formula is C12H16FN3O2. The van der Waals surface area contributed by atoms with Gasteiger partial charge in [-0.05, 0) is 24.6 Å². The maximum atomic E-state index is 13.4. The Labute approximate surface area is 104 Å². The highest BCUT2D eigenvalue weighted by molar-refractivity contribution is 5.97. The van der Waals surface area contributed by atoms with Crippen molar-refractivity contribution in [3.8, 4) is 0 Å². The van der Waals surface area contributed by atoms with Crippen molar-refractivity contribution in [3.05, 3.63) is 29.6 Å². The molecule has 0 saturated heterocycles. The van der Waals surface area contributed by atoms with E-state index in [-0.39, 0.29) is 11.3 Å². The Morgan fingerprint density at radius 1 is 1.44 bits per heavy atom. The van der Waals surface area contributed by atoms with E-state index in [4.69, 9.17) is 11.5 Å². The lowest BCUT2D eigenvalue weighted by Gasteiger charge is -2.12. The summed E-state index contributed by atoms with van der Waals surface area (Å²) in [5.74, 6) is -1.82. The lowest BCUT2D eigenvalue weighted by Crippen LogP contribution is -2.35. The van der Waals surface area contributed by atoms with Crippen molar-refractivity contribution < 1.29 is 14.0 Å². The number of hydrogen-bond donors (Lipinski definition) is 3. The molecule has 6 heteroatoms. The van der Waals surface area contributed by atoms with Crippen LogP contribution in [0.25, 0.3) is 0 Å². The molecule has 1 aromatic carbocycles. The third kappa shape index (κ3) is 3.53. The summed E-state index contributed by atoms with van der Waals surface area (Å²) in [4.78, 5) is 22.6. The summed E-state index contributed by atoms with van der Waals surface area (Å²) in [5.41, 5.74) is 10.7. The fourth-order valence-corrected chi connectivity index (χ4v) is 1.44. The van der Waals surface area contributed by atoms with Crippen molar-refractivity contribution >= 4 is 17.5 Å². The maximum Gasteiger partial charge on any atom is 0.248 e. The SMILES string of the molecule is CCCC(N)C(=O)Nc1cc(C(N)=O)ccc1F. The highest BCUT2D eigenvalue weighted by Gasteiger charge is 2.15. The first-order valence-corrected chi connectivity index (χ1v) is 5.61. The molecule has 1 aromatic rings. The summed E-state index contributed by atoms with van der Waals surface area (Å²) >= 11 is 0. The Morgan fingerprint density at radius 3 is 2.67 bits per heavy atom. The van der Waals surface area contributed by atoms with Gasteiger partial charge in [-0.1, -0.05) is 13.3 Å². The van der Waals surface area contributed by atoms with Crippen LogP contribution >= 0.6 is 0 Å². The summed E-state index contributed by atoms with van der Waals surface area (Å²) in [6.45, 7) is 1.89. The van der Waals surface area contributed by atoms with Gasteiger partial charge in [0.15, 0.2) is 0 Å². The van der Waals surface area contributed by atoms with Crippen molar-refractivity contribution in [1.29, 1.82) is 0 Å². The van der Waals surface area contributed by atoms with Crippen molar-refractivity contribution in [2.45, 2.75) is 25.8 Å². The summed E-state index contributed by atoms with van der Waals surface area (Å²) in [6, 6.07) is 2.81. The normalized spacial score (nSPS) is 11.9. The van der Waals surface area contributed by atoms with Gasteiger partial charge in [-0.3, -0.25) is 9.59 Å². The molecule has 0 aliphatic carbocycles. The molecule has 18 heavy (non-hydrogen) atoms. The molecule has 0 aliphatic heterocycles. The van der Waals surface area contributed by atoms with Crippen molar-refractivity contribution in [3.63, 3.8) is 0 Å². The number of rotatable bonds is 5. The standard InChI is InChI=1S/C12H16FN3O2/c1-2-3-9(14)12(18)16-10-6-7(11(15)17)4-5-8(10)13/h4-6,9H,2-3,14H2,1H3,(H2,15,17)(H,16,18). The number of anilines is 1. The van der Waals surface area contributed by atoms with Gasteiger partial charge in [-0.2, -0.15) is 0 Å². The van der Waals surface area contributed by atoms with E-state index in [2.05, 4.69) is 5.32 Å². The van der Waals surface area contributed by atoms with Crippen LogP contribution in [0.5, 0.6) is 0 Å². The number of benzene rings is 1. The van der Waals surface area contributed by atoms with Gasteiger partial charge in [0, 0.05) is 5.56 Å². The minimum Gasteiger partial charge on any atom is -0.366 e. The molecular weight excluding hydrogens is 237 g/mol. The Bertz CT molecular complexity index is 463. The van der Waals surface area contributed by atoms with Crippen molar-refractivity contribution in [2.24, 2.45) is 11.5 Å². The first kappa shape index (κ1) is 14.1. The van der Waals surface area contributed by atoms with Gasteiger partial charge in [-0.25, -0.2) is 4.39 Å². The molecule has 1 atom stereocenters. The van der Waals surface area contributed by atoms with E-state index in [1.807, 2.05) is 6.92 Å². The second-order valence-electron chi connectivity index (χ2n) is 3.94. The second-order valence-corrected chi connectivity index (χ2v) is 3.94. The molecule has 0 spiro atoms. The lowest BCUT2D eigenvalue weighted by molar-refractivity contribution is -0.117. The predicted molar refractivity (Wildman–Crippen MR) is 66.4 cm³/mol. The molecule has 5 nitrogen and oxygen atoms in total. The molecule has 5 N–H and O–H groups in total. The molecule has 0 fully saturated rings. The van der Waals surface area contributed by atoms with E-state index in [9.17, 15) is 14.0 Å². The maximum absolute atomic E-state index is 13.4. The summed E-state index contributed by atoms with van der Waals surface area (Å²) in [7, 11) is 0. The van der Waals surface area contributed by atoms with Crippen molar-refractivity contribution in [1.82, 2.24) is 0 Å². The largest absolute Gasteiger partial charge is 0.366 e. The second kappa shape index (κ2) is 6.11. The molecule has 0 aliphatic rings. The molecule has 98 valence electrons. The highest BCUT2D eigenvalue weighted by atomic mass is 19.1. The Kier molecular flexibility index (Phi) is 4.79. The molecule has 0 radical (unpaired) electrons. The number of halogens is 1. The molecule has 0 saturated carbocycles. The van der Waals surface area contributed by atoms with Crippen LogP contribution in [0, 0.1) is 5.82 Å². The zero-order valence-corrected chi connectivity index (χ0v) is 10.1. The highest BCUT2D eigenvalue weighted by Crippen LogP contribution is 2.16. The summed E-state index contributed by atoms with van der Waals surface area (Å²) in [6.07, 6.45) is 1.25. The van der Waals surface area contributed by atoms with Crippen LogP contribution in [0.15, 0.2) is 18.2 Å². The van der Waals surface area contributed by atoms with Crippen LogP contribution < -0.4 is 16.8 Å². The minimum absolute atomic E-state index is 0.0946. The fraction of sp³-hybridized carbons (Fsp3) is 0.333. The van der Waals surface area contributed by atoms with Crippen molar-refractivity contribution in [2.75, 3.05) is 5.32 Å². The monoisotopic (exact) mass is 253 g/mol. The number of nitrogens with one attached hydrogen (secondary N) is 1. The Balaban J connectivity index is 2.86. The number of carbonyl (C=O) groups is 2. The van der Waals surface area contributed by atoms with Crippen LogP contribution in [-0.4, -0.2) is 17.9 Å². The van der Waals surface area contributed by atoms with E-state index in [0.717, 1.165) is 12.5 Å². The van der Waals surface area contributed by atoms with Gasteiger partial charge >= 0.3 is 0 Å². The van der Waals surface area contributed by atoms with E-state index >= 15 is 0 Å². The number of primary amides is 1. The van der Waals surface area contributed by atoms with Gasteiger partial charge < -0.3 is 16.8 Å². The van der Waals surface area contributed by atoms with Crippen LogP contribution in [-0.2, 0) is 4.79 Å². The number of carbonyl (C=O) groups excluding carboxylic acids is 2. The van der Waals surface area contributed by atoms with Gasteiger partial charge in [0.25, 0.3) is 0 Å². The lowest BCUT2D eigenvalue weighted by atomic mass is 10.1. The number of hydrogen-bond acceptors (Lipinski definition) is 3. The average Bonchev–Trinajstić information content (AvgIpc) is 2.31. The Hall–Kier alpha value is -1.95. The van der Waals surface area contributed by atoms with Gasteiger partial charge in [-0.15, -0.1) is 0 Å². The van der Waals surface area contributed by atoms with Crippen LogP contribution in [0.3, 0.4) is 0 Å². The topological polar surface area (TPSA) is 98.2 Å². The Morgan fingerprint density at radius 2 is 2.11 bits per heavy atom. The van der Waals surface area contributed by atoms with Gasteiger partial charge in [0.05, 0.1) is 11.7 Å². The van der Waals surface area contributed by atoms with Crippen LogP contribution in [0.4, 0.5) is 10.1 Å². The van der Waals surface area contributed by atoms with Crippen LogP contribution in [0.1, 0.15) is 30.1 Å². The quantitative estimate of drug-likeness (QED) is 0.729. The van der Waals surface area contributed by atoms with Gasteiger partial charge in [0.2, 0.25) is 11.8 Å². The molecule has 1 rings (SSSR count). The van der Waals surface area contributed by atoms with E-state index < -0.39 is 23.7 Å². The molecule has 0 aromatic heterocycles. The summed E-state index contributed by atoms with van der Waals surface area (Å²) in [5, 5.41) is 2.34. The van der Waals surface area contributed by atoms with E-state index in [1.54, 1.807) is 0 Å². The zero-order valence-electron chi connectivity index (χ0n) is 10.1. The van der Waals surface area contributed by atoms with E-state index in [1.165, 1.54) is 12.1 Å². The first-order valence-electron chi connectivity index (χ1n) is 5.61. The summed E-state index contributed by atoms with van der Waals surface area (Å²) < 4.78 is 13.4. The van der Waals surface area contributed by atoms with Gasteiger partial charge in [0.1, 0.15) is 5.82 Å². The molecule has 0 heterocycles. The molecule has 2 amide bonds. The third-order valence-electron chi connectivity index (χ3n) is 2.45. The van der Waals surface area contributed by atoms with E-state index in [0.29, 0.717) is 6.42 Å². The average molecular weight is 253 g/mol. The van der Waals surface area contributed by atoms with Crippen LogP contribution in [0.2, 0.25) is 0 Å². The predicted octanol–water partition coefficient (Wildman–Crippen LogP) is 0.990. The smallest absolute Gasteiger partial charge is 0.248 e. The minimum atomic E-state index is -0.702. The number of amides is 2. The molecule has 1 unspecified atom stereocenters.